The smallest absolute Gasteiger partial charge is 0.264 e. The number of fused-ring (bicyclic) bond motifs is 1. The third-order valence-electron chi connectivity index (χ3n) is 5.71. The van der Waals surface area contributed by atoms with Gasteiger partial charge in [-0.15, -0.1) is 0 Å². The van der Waals surface area contributed by atoms with Gasteiger partial charge in [-0.3, -0.25) is 9.10 Å². The van der Waals surface area contributed by atoms with E-state index in [0.717, 1.165) is 4.31 Å². The molecule has 0 aromatic heterocycles. The van der Waals surface area contributed by atoms with Crippen molar-refractivity contribution in [2.45, 2.75) is 17.9 Å². The Hall–Kier alpha value is -3.92. The van der Waals surface area contributed by atoms with Gasteiger partial charge in [-0.25, -0.2) is 8.42 Å². The van der Waals surface area contributed by atoms with E-state index >= 15 is 0 Å². The van der Waals surface area contributed by atoms with Crippen LogP contribution in [0.15, 0.2) is 71.6 Å². The molecule has 0 aliphatic carbocycles. The van der Waals surface area contributed by atoms with Crippen molar-refractivity contribution in [1.82, 2.24) is 5.32 Å². The van der Waals surface area contributed by atoms with E-state index in [2.05, 4.69) is 5.32 Å². The second-order valence-corrected chi connectivity index (χ2v) is 9.91. The van der Waals surface area contributed by atoms with E-state index in [-0.39, 0.29) is 10.6 Å². The SMILES string of the molecule is COc1ccc(OC)c(C(C)NC(=O)CN(c2ccc3c(c2)OCCO3)S(=O)(=O)c2ccccc2)c1. The van der Waals surface area contributed by atoms with E-state index in [4.69, 9.17) is 18.9 Å². The molecule has 1 N–H and O–H groups in total. The number of benzene rings is 3. The Kier molecular flexibility index (Phi) is 7.54. The second-order valence-electron chi connectivity index (χ2n) is 8.05. The van der Waals surface area contributed by atoms with Crippen molar-refractivity contribution in [3.63, 3.8) is 0 Å². The van der Waals surface area contributed by atoms with Crippen LogP contribution in [0.5, 0.6) is 23.0 Å². The van der Waals surface area contributed by atoms with Crippen molar-refractivity contribution in [3.8, 4) is 23.0 Å². The number of rotatable bonds is 9. The maximum Gasteiger partial charge on any atom is 0.264 e. The highest BCUT2D eigenvalue weighted by atomic mass is 32.2. The summed E-state index contributed by atoms with van der Waals surface area (Å²) >= 11 is 0. The number of hydrogen-bond acceptors (Lipinski definition) is 7. The highest BCUT2D eigenvalue weighted by Crippen LogP contribution is 2.36. The van der Waals surface area contributed by atoms with Crippen molar-refractivity contribution in [2.24, 2.45) is 0 Å². The lowest BCUT2D eigenvalue weighted by Crippen LogP contribution is -2.41. The van der Waals surface area contributed by atoms with Crippen LogP contribution >= 0.6 is 0 Å². The molecule has 1 aliphatic heterocycles. The topological polar surface area (TPSA) is 103 Å². The van der Waals surface area contributed by atoms with E-state index in [1.807, 2.05) is 0 Å². The standard InChI is InChI=1S/C26H28N2O7S/c1-18(22-16-20(32-2)10-12-23(22)33-3)27-26(29)17-28(36(30,31)21-7-5-4-6-8-21)19-9-11-24-25(15-19)35-14-13-34-24/h4-12,15-16,18H,13-14,17H2,1-3H3,(H,27,29). The third kappa shape index (κ3) is 5.33. The summed E-state index contributed by atoms with van der Waals surface area (Å²) in [6.45, 7) is 2.09. The lowest BCUT2D eigenvalue weighted by Gasteiger charge is -2.27. The summed E-state index contributed by atoms with van der Waals surface area (Å²) in [4.78, 5) is 13.3. The molecule has 1 atom stereocenters. The van der Waals surface area contributed by atoms with Crippen LogP contribution in [0.4, 0.5) is 5.69 Å². The molecule has 3 aromatic rings. The van der Waals surface area contributed by atoms with Gasteiger partial charge in [-0.2, -0.15) is 0 Å². The van der Waals surface area contributed by atoms with Gasteiger partial charge in [0.1, 0.15) is 31.3 Å². The number of hydrogen-bond donors (Lipinski definition) is 1. The Morgan fingerprint density at radius 1 is 0.972 bits per heavy atom. The fourth-order valence-corrected chi connectivity index (χ4v) is 5.33. The molecule has 1 heterocycles. The average molecular weight is 513 g/mol. The zero-order valence-electron chi connectivity index (χ0n) is 20.3. The van der Waals surface area contributed by atoms with Crippen LogP contribution in [0.2, 0.25) is 0 Å². The Bertz CT molecular complexity index is 1330. The largest absolute Gasteiger partial charge is 0.497 e. The minimum Gasteiger partial charge on any atom is -0.497 e. The van der Waals surface area contributed by atoms with Crippen LogP contribution in [0.1, 0.15) is 18.5 Å². The van der Waals surface area contributed by atoms with Gasteiger partial charge in [-0.05, 0) is 49.4 Å². The molecule has 0 saturated carbocycles. The van der Waals surface area contributed by atoms with Gasteiger partial charge in [-0.1, -0.05) is 18.2 Å². The lowest BCUT2D eigenvalue weighted by molar-refractivity contribution is -0.120. The van der Waals surface area contributed by atoms with Gasteiger partial charge in [0.05, 0.1) is 30.8 Å². The predicted molar refractivity (Wildman–Crippen MR) is 135 cm³/mol. The van der Waals surface area contributed by atoms with Crippen LogP contribution in [-0.4, -0.2) is 48.3 Å². The first-order chi connectivity index (χ1) is 17.3. The minimum absolute atomic E-state index is 0.0650. The van der Waals surface area contributed by atoms with Crippen molar-refractivity contribution in [3.05, 3.63) is 72.3 Å². The average Bonchev–Trinajstić information content (AvgIpc) is 2.91. The third-order valence-corrected chi connectivity index (χ3v) is 7.50. The molecule has 9 nitrogen and oxygen atoms in total. The number of carbonyl (C=O) groups excluding carboxylic acids is 1. The molecule has 36 heavy (non-hydrogen) atoms. The lowest BCUT2D eigenvalue weighted by atomic mass is 10.1. The fraction of sp³-hybridized carbons (Fsp3) is 0.269. The highest BCUT2D eigenvalue weighted by Gasteiger charge is 2.29. The number of nitrogens with one attached hydrogen (secondary N) is 1. The van der Waals surface area contributed by atoms with E-state index in [0.29, 0.717) is 41.8 Å². The zero-order valence-corrected chi connectivity index (χ0v) is 21.1. The van der Waals surface area contributed by atoms with E-state index in [9.17, 15) is 13.2 Å². The summed E-state index contributed by atoms with van der Waals surface area (Å²) in [7, 11) is -0.981. The zero-order chi connectivity index (χ0) is 25.7. The molecule has 0 saturated heterocycles. The first-order valence-electron chi connectivity index (χ1n) is 11.3. The Morgan fingerprint density at radius 2 is 1.69 bits per heavy atom. The molecular formula is C26H28N2O7S. The van der Waals surface area contributed by atoms with E-state index in [1.54, 1.807) is 68.6 Å². The highest BCUT2D eigenvalue weighted by molar-refractivity contribution is 7.92. The van der Waals surface area contributed by atoms with Crippen LogP contribution < -0.4 is 28.6 Å². The summed E-state index contributed by atoms with van der Waals surface area (Å²) in [6, 6.07) is 17.6. The molecule has 0 spiro atoms. The van der Waals surface area contributed by atoms with E-state index in [1.165, 1.54) is 19.2 Å². The van der Waals surface area contributed by atoms with Gasteiger partial charge in [0.15, 0.2) is 11.5 Å². The van der Waals surface area contributed by atoms with Gasteiger partial charge in [0, 0.05) is 11.6 Å². The molecule has 3 aromatic carbocycles. The van der Waals surface area contributed by atoms with Crippen LogP contribution in [-0.2, 0) is 14.8 Å². The molecule has 10 heteroatoms. The van der Waals surface area contributed by atoms with Gasteiger partial charge in [0.25, 0.3) is 10.0 Å². The summed E-state index contributed by atoms with van der Waals surface area (Å²) in [6.07, 6.45) is 0. The minimum atomic E-state index is -4.07. The maximum absolute atomic E-state index is 13.6. The quantitative estimate of drug-likeness (QED) is 0.468. The molecule has 1 aliphatic rings. The molecule has 0 fully saturated rings. The normalized spacial score (nSPS) is 13.4. The molecule has 190 valence electrons. The molecular weight excluding hydrogens is 484 g/mol. The van der Waals surface area contributed by atoms with Crippen molar-refractivity contribution >= 4 is 21.6 Å². The Balaban J connectivity index is 1.64. The summed E-state index contributed by atoms with van der Waals surface area (Å²) in [5.41, 5.74) is 0.979. The number of ether oxygens (including phenoxy) is 4. The Morgan fingerprint density at radius 3 is 2.39 bits per heavy atom. The summed E-state index contributed by atoms with van der Waals surface area (Å²) < 4.78 is 50.2. The Labute approximate surface area is 210 Å². The predicted octanol–water partition coefficient (Wildman–Crippen LogP) is 3.55. The monoisotopic (exact) mass is 512 g/mol. The maximum atomic E-state index is 13.6. The molecule has 0 radical (unpaired) electrons. The first-order valence-corrected chi connectivity index (χ1v) is 12.8. The number of carbonyl (C=O) groups is 1. The van der Waals surface area contributed by atoms with Crippen LogP contribution in [0, 0.1) is 0 Å². The fourth-order valence-electron chi connectivity index (χ4n) is 3.90. The number of anilines is 1. The van der Waals surface area contributed by atoms with Gasteiger partial charge in [0.2, 0.25) is 5.91 Å². The molecule has 0 bridgehead atoms. The van der Waals surface area contributed by atoms with Gasteiger partial charge >= 0.3 is 0 Å². The molecule has 1 unspecified atom stereocenters. The van der Waals surface area contributed by atoms with Crippen molar-refractivity contribution < 1.29 is 32.2 Å². The van der Waals surface area contributed by atoms with Crippen molar-refractivity contribution in [1.29, 1.82) is 0 Å². The number of amides is 1. The number of nitrogens with zero attached hydrogens (tertiary/aromatic N) is 1. The molecule has 1 amide bonds. The second kappa shape index (κ2) is 10.8. The summed E-state index contributed by atoms with van der Waals surface area (Å²) in [5.74, 6) is 1.62. The first kappa shape index (κ1) is 25.2. The van der Waals surface area contributed by atoms with Crippen LogP contribution in [0.25, 0.3) is 0 Å². The van der Waals surface area contributed by atoms with Crippen molar-refractivity contribution in [2.75, 3.05) is 38.3 Å². The number of methoxy groups -OCH3 is 2. The van der Waals surface area contributed by atoms with Crippen LogP contribution in [0.3, 0.4) is 0 Å². The van der Waals surface area contributed by atoms with Gasteiger partial charge < -0.3 is 24.3 Å². The molecule has 4 rings (SSSR count). The number of sulfonamides is 1. The summed E-state index contributed by atoms with van der Waals surface area (Å²) in [5, 5.41) is 2.87. The van der Waals surface area contributed by atoms with E-state index < -0.39 is 28.5 Å².